The van der Waals surface area contributed by atoms with E-state index >= 15 is 0 Å². The normalized spacial score (nSPS) is 18.2. The van der Waals surface area contributed by atoms with E-state index in [1.807, 2.05) is 41.0 Å². The Bertz CT molecular complexity index is 1040. The third-order valence-corrected chi connectivity index (χ3v) is 6.37. The number of halogens is 1. The molecule has 3 aromatic heterocycles. The molecular formula is C20H19ClN4O2S. The number of aliphatic hydroxyl groups is 1. The van der Waals surface area contributed by atoms with Gasteiger partial charge in [-0.25, -0.2) is 9.50 Å². The SMILES string of the molecule is OC(CC1CCCN1c1nn2cc(-c3ccc(Cl)cc3)nc2s1)c1ccco1. The van der Waals surface area contributed by atoms with Crippen LogP contribution in [-0.4, -0.2) is 32.3 Å². The maximum absolute atomic E-state index is 10.5. The fraction of sp³-hybridized carbons (Fsp3) is 0.300. The zero-order valence-electron chi connectivity index (χ0n) is 15.0. The number of benzene rings is 1. The third kappa shape index (κ3) is 3.30. The molecule has 144 valence electrons. The average Bonchev–Trinajstić information content (AvgIpc) is 3.45. The molecule has 0 bridgehead atoms. The molecular weight excluding hydrogens is 396 g/mol. The van der Waals surface area contributed by atoms with Crippen LogP contribution < -0.4 is 4.90 Å². The van der Waals surface area contributed by atoms with Crippen molar-refractivity contribution in [2.45, 2.75) is 31.4 Å². The molecule has 1 aliphatic rings. The zero-order chi connectivity index (χ0) is 19.1. The Morgan fingerprint density at radius 2 is 2.14 bits per heavy atom. The molecule has 1 saturated heterocycles. The van der Waals surface area contributed by atoms with Gasteiger partial charge in [0.05, 0.1) is 18.2 Å². The zero-order valence-corrected chi connectivity index (χ0v) is 16.6. The Morgan fingerprint density at radius 3 is 2.89 bits per heavy atom. The van der Waals surface area contributed by atoms with Crippen molar-refractivity contribution in [1.82, 2.24) is 14.6 Å². The van der Waals surface area contributed by atoms with Crippen LogP contribution in [0, 0.1) is 0 Å². The van der Waals surface area contributed by atoms with E-state index < -0.39 is 6.10 Å². The molecule has 28 heavy (non-hydrogen) atoms. The van der Waals surface area contributed by atoms with Gasteiger partial charge in [0.1, 0.15) is 11.9 Å². The minimum absolute atomic E-state index is 0.242. The average molecular weight is 415 g/mol. The minimum atomic E-state index is -0.596. The van der Waals surface area contributed by atoms with E-state index in [0.717, 1.165) is 40.7 Å². The van der Waals surface area contributed by atoms with E-state index in [1.165, 1.54) is 0 Å². The summed E-state index contributed by atoms with van der Waals surface area (Å²) in [5.74, 6) is 0.619. The second-order valence-electron chi connectivity index (χ2n) is 7.00. The van der Waals surface area contributed by atoms with Crippen LogP contribution in [0.15, 0.2) is 53.3 Å². The lowest BCUT2D eigenvalue weighted by molar-refractivity contribution is 0.132. The van der Waals surface area contributed by atoms with Crippen molar-refractivity contribution in [2.75, 3.05) is 11.4 Å². The fourth-order valence-electron chi connectivity index (χ4n) is 3.75. The molecule has 0 radical (unpaired) electrons. The van der Waals surface area contributed by atoms with Gasteiger partial charge < -0.3 is 14.4 Å². The molecule has 0 amide bonds. The number of fused-ring (bicyclic) bond motifs is 1. The molecule has 1 aliphatic heterocycles. The summed E-state index contributed by atoms with van der Waals surface area (Å²) in [5.41, 5.74) is 1.90. The van der Waals surface area contributed by atoms with Crippen molar-refractivity contribution in [3.8, 4) is 11.3 Å². The minimum Gasteiger partial charge on any atom is -0.467 e. The summed E-state index contributed by atoms with van der Waals surface area (Å²) in [4.78, 5) is 7.86. The van der Waals surface area contributed by atoms with Gasteiger partial charge in [0, 0.05) is 29.6 Å². The summed E-state index contributed by atoms with van der Waals surface area (Å²) in [7, 11) is 0. The Balaban J connectivity index is 1.36. The predicted octanol–water partition coefficient (Wildman–Crippen LogP) is 4.80. The molecule has 2 unspecified atom stereocenters. The fourth-order valence-corrected chi connectivity index (χ4v) is 4.86. The second kappa shape index (κ2) is 7.24. The van der Waals surface area contributed by atoms with Gasteiger partial charge in [-0.1, -0.05) is 35.1 Å². The van der Waals surface area contributed by atoms with Gasteiger partial charge in [-0.2, -0.15) is 0 Å². The summed E-state index contributed by atoms with van der Waals surface area (Å²) < 4.78 is 7.18. The molecule has 4 heterocycles. The van der Waals surface area contributed by atoms with E-state index in [9.17, 15) is 5.11 Å². The Hall–Kier alpha value is -2.35. The van der Waals surface area contributed by atoms with Gasteiger partial charge in [0.25, 0.3) is 0 Å². The number of imidazole rings is 1. The summed E-state index contributed by atoms with van der Waals surface area (Å²) in [6.45, 7) is 0.941. The van der Waals surface area contributed by atoms with Crippen LogP contribution in [-0.2, 0) is 0 Å². The monoisotopic (exact) mass is 414 g/mol. The van der Waals surface area contributed by atoms with Crippen LogP contribution in [0.2, 0.25) is 5.02 Å². The number of anilines is 1. The van der Waals surface area contributed by atoms with Crippen LogP contribution in [0.1, 0.15) is 31.1 Å². The highest BCUT2D eigenvalue weighted by Crippen LogP contribution is 2.34. The third-order valence-electron chi connectivity index (χ3n) is 5.16. The molecule has 1 N–H and O–H groups in total. The van der Waals surface area contributed by atoms with Gasteiger partial charge in [-0.05, 0) is 37.1 Å². The van der Waals surface area contributed by atoms with Gasteiger partial charge >= 0.3 is 0 Å². The first kappa shape index (κ1) is 17.7. The van der Waals surface area contributed by atoms with E-state index in [0.29, 0.717) is 17.2 Å². The van der Waals surface area contributed by atoms with Crippen LogP contribution in [0.25, 0.3) is 16.2 Å². The maximum Gasteiger partial charge on any atom is 0.214 e. The van der Waals surface area contributed by atoms with E-state index in [4.69, 9.17) is 26.1 Å². The summed E-state index contributed by atoms with van der Waals surface area (Å²) in [6, 6.07) is 11.5. The maximum atomic E-state index is 10.5. The molecule has 1 fully saturated rings. The quantitative estimate of drug-likeness (QED) is 0.508. The van der Waals surface area contributed by atoms with Crippen LogP contribution in [0.3, 0.4) is 0 Å². The number of hydrogen-bond donors (Lipinski definition) is 1. The second-order valence-corrected chi connectivity index (χ2v) is 8.37. The highest BCUT2D eigenvalue weighted by atomic mass is 35.5. The van der Waals surface area contributed by atoms with Crippen molar-refractivity contribution < 1.29 is 9.52 Å². The van der Waals surface area contributed by atoms with Crippen LogP contribution in [0.5, 0.6) is 0 Å². The molecule has 6 nitrogen and oxygen atoms in total. The van der Waals surface area contributed by atoms with Crippen molar-refractivity contribution in [3.63, 3.8) is 0 Å². The Morgan fingerprint density at radius 1 is 1.29 bits per heavy atom. The number of nitrogens with zero attached hydrogens (tertiary/aromatic N) is 4. The lowest BCUT2D eigenvalue weighted by Gasteiger charge is -2.25. The van der Waals surface area contributed by atoms with Gasteiger partial charge in [-0.15, -0.1) is 5.10 Å². The first-order valence-corrected chi connectivity index (χ1v) is 10.5. The van der Waals surface area contributed by atoms with Crippen molar-refractivity contribution in [3.05, 3.63) is 59.6 Å². The Kier molecular flexibility index (Phi) is 4.58. The smallest absolute Gasteiger partial charge is 0.214 e. The van der Waals surface area contributed by atoms with E-state index in [-0.39, 0.29) is 6.04 Å². The van der Waals surface area contributed by atoms with Crippen molar-refractivity contribution >= 4 is 33.0 Å². The summed E-state index contributed by atoms with van der Waals surface area (Å²) in [6.07, 6.45) is 5.70. The molecule has 0 aliphatic carbocycles. The van der Waals surface area contributed by atoms with Crippen molar-refractivity contribution in [2.24, 2.45) is 0 Å². The van der Waals surface area contributed by atoms with Crippen LogP contribution in [0.4, 0.5) is 5.13 Å². The molecule has 1 aromatic carbocycles. The molecule has 4 aromatic rings. The van der Waals surface area contributed by atoms with Crippen molar-refractivity contribution in [1.29, 1.82) is 0 Å². The largest absolute Gasteiger partial charge is 0.467 e. The first-order chi connectivity index (χ1) is 13.7. The number of hydrogen-bond acceptors (Lipinski definition) is 6. The lowest BCUT2D eigenvalue weighted by atomic mass is 10.1. The number of rotatable bonds is 5. The van der Waals surface area contributed by atoms with Gasteiger partial charge in [0.15, 0.2) is 0 Å². The number of aliphatic hydroxyl groups excluding tert-OH is 1. The molecule has 8 heteroatoms. The number of aromatic nitrogens is 3. The number of furan rings is 1. The topological polar surface area (TPSA) is 66.8 Å². The Labute approximate surface area is 171 Å². The van der Waals surface area contributed by atoms with Gasteiger partial charge in [-0.3, -0.25) is 0 Å². The van der Waals surface area contributed by atoms with Crippen LogP contribution >= 0.6 is 22.9 Å². The summed E-state index contributed by atoms with van der Waals surface area (Å²) in [5, 5.41) is 16.9. The molecule has 2 atom stereocenters. The molecule has 5 rings (SSSR count). The predicted molar refractivity (Wildman–Crippen MR) is 110 cm³/mol. The highest BCUT2D eigenvalue weighted by Gasteiger charge is 2.30. The highest BCUT2D eigenvalue weighted by molar-refractivity contribution is 7.20. The van der Waals surface area contributed by atoms with E-state index in [1.54, 1.807) is 23.7 Å². The molecule has 0 spiro atoms. The standard InChI is InChI=1S/C20H19ClN4O2S/c21-14-7-5-13(6-8-14)16-12-25-19(22-16)28-20(23-25)24-9-1-3-15(24)11-17(26)18-4-2-10-27-18/h2,4-8,10,12,15,17,26H,1,3,9,11H2. The van der Waals surface area contributed by atoms with Gasteiger partial charge in [0.2, 0.25) is 10.1 Å². The molecule has 0 saturated carbocycles. The first-order valence-electron chi connectivity index (χ1n) is 9.27. The van der Waals surface area contributed by atoms with E-state index in [2.05, 4.69) is 4.90 Å². The lowest BCUT2D eigenvalue weighted by Crippen LogP contribution is -2.30. The summed E-state index contributed by atoms with van der Waals surface area (Å²) >= 11 is 7.54.